The first-order chi connectivity index (χ1) is 9.60. The number of thiazole rings is 1. The molecule has 0 aliphatic rings. The Balaban J connectivity index is 2.03. The molecule has 0 spiro atoms. The van der Waals surface area contributed by atoms with Gasteiger partial charge < -0.3 is 5.73 Å². The molecule has 0 aliphatic carbocycles. The maximum Gasteiger partial charge on any atom is 0.283 e. The number of aryl methyl sites for hydroxylation is 1. The van der Waals surface area contributed by atoms with Gasteiger partial charge in [0.05, 0.1) is 11.9 Å². The first-order valence-electron chi connectivity index (χ1n) is 5.94. The molecule has 0 saturated carbocycles. The predicted molar refractivity (Wildman–Crippen MR) is 85.1 cm³/mol. The van der Waals surface area contributed by atoms with Gasteiger partial charge in [-0.2, -0.15) is 5.10 Å². The molecule has 5 nitrogen and oxygen atoms in total. The number of carbonyl (C=O) groups excluding carboxylic acids is 1. The van der Waals surface area contributed by atoms with Gasteiger partial charge in [-0.1, -0.05) is 46.3 Å². The predicted octanol–water partition coefficient (Wildman–Crippen LogP) is 2.81. The number of halogens is 1. The van der Waals surface area contributed by atoms with Crippen LogP contribution in [-0.4, -0.2) is 17.1 Å². The zero-order chi connectivity index (χ0) is 14.5. The van der Waals surface area contributed by atoms with Crippen LogP contribution in [0.3, 0.4) is 0 Å². The normalized spacial score (nSPS) is 10.9. The number of hydrazone groups is 1. The Morgan fingerprint density at radius 2 is 2.20 bits per heavy atom. The Labute approximate surface area is 129 Å². The fraction of sp³-hybridized carbons (Fsp3) is 0.154. The van der Waals surface area contributed by atoms with Gasteiger partial charge >= 0.3 is 0 Å². The van der Waals surface area contributed by atoms with Crippen molar-refractivity contribution in [1.29, 1.82) is 0 Å². The number of hydrogen-bond donors (Lipinski definition) is 2. The molecule has 1 aromatic carbocycles. The number of hydrogen-bond acceptors (Lipinski definition) is 5. The van der Waals surface area contributed by atoms with Gasteiger partial charge in [0, 0.05) is 4.47 Å². The minimum absolute atomic E-state index is 0.288. The number of rotatable bonds is 4. The molecule has 0 aliphatic heterocycles. The van der Waals surface area contributed by atoms with Crippen LogP contribution in [0.1, 0.15) is 27.9 Å². The molecule has 1 aromatic heterocycles. The lowest BCUT2D eigenvalue weighted by atomic mass is 10.2. The zero-order valence-electron chi connectivity index (χ0n) is 10.8. The molecule has 1 heterocycles. The fourth-order valence-electron chi connectivity index (χ4n) is 1.55. The minimum Gasteiger partial charge on any atom is -0.375 e. The second kappa shape index (κ2) is 6.62. The summed E-state index contributed by atoms with van der Waals surface area (Å²) in [6, 6.07) is 7.59. The van der Waals surface area contributed by atoms with Crippen LogP contribution in [0.25, 0.3) is 0 Å². The molecule has 0 saturated heterocycles. The quantitative estimate of drug-likeness (QED) is 0.655. The zero-order valence-corrected chi connectivity index (χ0v) is 13.2. The number of nitrogens with zero attached hydrogens (tertiary/aromatic N) is 2. The van der Waals surface area contributed by atoms with Gasteiger partial charge in [0.15, 0.2) is 5.13 Å². The van der Waals surface area contributed by atoms with Gasteiger partial charge in [0.1, 0.15) is 4.88 Å². The summed E-state index contributed by atoms with van der Waals surface area (Å²) >= 11 is 4.52. The summed E-state index contributed by atoms with van der Waals surface area (Å²) in [6.07, 6.45) is 2.24. The Morgan fingerprint density at radius 1 is 1.50 bits per heavy atom. The minimum atomic E-state index is -0.288. The highest BCUT2D eigenvalue weighted by Gasteiger charge is 2.15. The molecule has 7 heteroatoms. The molecule has 3 N–H and O–H groups in total. The van der Waals surface area contributed by atoms with Crippen LogP contribution < -0.4 is 11.2 Å². The van der Waals surface area contributed by atoms with E-state index in [1.165, 1.54) is 11.3 Å². The van der Waals surface area contributed by atoms with E-state index in [0.717, 1.165) is 10.0 Å². The summed E-state index contributed by atoms with van der Waals surface area (Å²) in [5.41, 5.74) is 9.69. The lowest BCUT2D eigenvalue weighted by molar-refractivity contribution is 0.0958. The fourth-order valence-corrected chi connectivity index (χ4v) is 2.63. The average Bonchev–Trinajstić information content (AvgIpc) is 2.82. The van der Waals surface area contributed by atoms with Crippen molar-refractivity contribution in [2.24, 2.45) is 5.10 Å². The van der Waals surface area contributed by atoms with Crippen LogP contribution in [0, 0.1) is 0 Å². The lowest BCUT2D eigenvalue weighted by Gasteiger charge is -1.98. The average molecular weight is 353 g/mol. The summed E-state index contributed by atoms with van der Waals surface area (Å²) in [7, 11) is 0. The molecule has 20 heavy (non-hydrogen) atoms. The van der Waals surface area contributed by atoms with Gasteiger partial charge in [0.2, 0.25) is 0 Å². The Hall–Kier alpha value is -1.73. The first kappa shape index (κ1) is 14.7. The van der Waals surface area contributed by atoms with Crippen molar-refractivity contribution in [3.05, 3.63) is 44.9 Å². The van der Waals surface area contributed by atoms with E-state index in [0.29, 0.717) is 22.1 Å². The number of nitrogen functional groups attached to an aromatic ring is 1. The first-order valence-corrected chi connectivity index (χ1v) is 7.55. The van der Waals surface area contributed by atoms with E-state index >= 15 is 0 Å². The van der Waals surface area contributed by atoms with Crippen LogP contribution in [-0.2, 0) is 6.42 Å². The number of nitrogens with one attached hydrogen (secondary N) is 1. The van der Waals surface area contributed by atoms with Gasteiger partial charge in [-0.05, 0) is 24.1 Å². The molecule has 0 fully saturated rings. The van der Waals surface area contributed by atoms with Crippen molar-refractivity contribution >= 4 is 44.5 Å². The van der Waals surface area contributed by atoms with Crippen LogP contribution in [0.5, 0.6) is 0 Å². The van der Waals surface area contributed by atoms with Gasteiger partial charge in [-0.3, -0.25) is 4.79 Å². The summed E-state index contributed by atoms with van der Waals surface area (Å²) in [4.78, 5) is 16.6. The van der Waals surface area contributed by atoms with E-state index in [4.69, 9.17) is 5.73 Å². The number of carbonyl (C=O) groups is 1. The second-order valence-electron chi connectivity index (χ2n) is 3.93. The van der Waals surface area contributed by atoms with Crippen LogP contribution >= 0.6 is 27.3 Å². The maximum absolute atomic E-state index is 12.0. The molecule has 2 rings (SSSR count). The van der Waals surface area contributed by atoms with E-state index in [2.05, 4.69) is 31.4 Å². The number of aromatic nitrogens is 1. The largest absolute Gasteiger partial charge is 0.375 e. The van der Waals surface area contributed by atoms with Crippen LogP contribution in [0.15, 0.2) is 33.8 Å². The van der Waals surface area contributed by atoms with Crippen molar-refractivity contribution < 1.29 is 4.79 Å². The maximum atomic E-state index is 12.0. The topological polar surface area (TPSA) is 80.4 Å². The molecular formula is C13H13BrN4OS. The van der Waals surface area contributed by atoms with E-state index in [1.807, 2.05) is 31.2 Å². The summed E-state index contributed by atoms with van der Waals surface area (Å²) in [5, 5.41) is 4.32. The van der Waals surface area contributed by atoms with E-state index in [1.54, 1.807) is 6.21 Å². The third kappa shape index (κ3) is 3.64. The van der Waals surface area contributed by atoms with E-state index in [-0.39, 0.29) is 5.91 Å². The van der Waals surface area contributed by atoms with Crippen molar-refractivity contribution in [3.8, 4) is 0 Å². The Kier molecular flexibility index (Phi) is 4.86. The number of nitrogens with two attached hydrogens (primary N) is 1. The summed E-state index contributed by atoms with van der Waals surface area (Å²) < 4.78 is 0.992. The molecule has 0 atom stereocenters. The highest BCUT2D eigenvalue weighted by molar-refractivity contribution is 9.10. The van der Waals surface area contributed by atoms with Gasteiger partial charge in [0.25, 0.3) is 5.91 Å². The van der Waals surface area contributed by atoms with Crippen LogP contribution in [0.4, 0.5) is 5.13 Å². The third-order valence-electron chi connectivity index (χ3n) is 2.50. The van der Waals surface area contributed by atoms with E-state index < -0.39 is 0 Å². The van der Waals surface area contributed by atoms with Gasteiger partial charge in [-0.15, -0.1) is 0 Å². The molecule has 2 aromatic rings. The molecule has 0 radical (unpaired) electrons. The number of amides is 1. The second-order valence-corrected chi connectivity index (χ2v) is 5.88. The van der Waals surface area contributed by atoms with Crippen molar-refractivity contribution in [2.45, 2.75) is 13.3 Å². The standard InChI is InChI=1S/C13H13BrN4OS/c1-2-10-11(20-13(15)17-10)12(19)18-16-7-8-3-5-9(14)6-4-8/h3-7H,2H2,1H3,(H2,15,17)(H,18,19). The summed E-state index contributed by atoms with van der Waals surface area (Å²) in [6.45, 7) is 1.93. The lowest BCUT2D eigenvalue weighted by Crippen LogP contribution is -2.17. The number of benzene rings is 1. The summed E-state index contributed by atoms with van der Waals surface area (Å²) in [5.74, 6) is -0.288. The smallest absolute Gasteiger partial charge is 0.283 e. The monoisotopic (exact) mass is 352 g/mol. The van der Waals surface area contributed by atoms with Crippen LogP contribution in [0.2, 0.25) is 0 Å². The third-order valence-corrected chi connectivity index (χ3v) is 3.96. The van der Waals surface area contributed by atoms with E-state index in [9.17, 15) is 4.79 Å². The van der Waals surface area contributed by atoms with Crippen molar-refractivity contribution in [3.63, 3.8) is 0 Å². The highest BCUT2D eigenvalue weighted by atomic mass is 79.9. The Bertz CT molecular complexity index is 636. The highest BCUT2D eigenvalue weighted by Crippen LogP contribution is 2.20. The molecule has 1 amide bonds. The molecular weight excluding hydrogens is 340 g/mol. The van der Waals surface area contributed by atoms with Gasteiger partial charge in [-0.25, -0.2) is 10.4 Å². The number of anilines is 1. The molecule has 0 bridgehead atoms. The van der Waals surface area contributed by atoms with Crippen molar-refractivity contribution in [2.75, 3.05) is 5.73 Å². The molecule has 104 valence electrons. The van der Waals surface area contributed by atoms with Crippen molar-refractivity contribution in [1.82, 2.24) is 10.4 Å². The molecule has 0 unspecified atom stereocenters. The SMILES string of the molecule is CCc1nc(N)sc1C(=O)NN=Cc1ccc(Br)cc1. The Morgan fingerprint density at radius 3 is 2.85 bits per heavy atom.